The summed E-state index contributed by atoms with van der Waals surface area (Å²) in [6.45, 7) is 1.13. The van der Waals surface area contributed by atoms with Crippen molar-refractivity contribution in [3.05, 3.63) is 46.4 Å². The van der Waals surface area contributed by atoms with E-state index in [4.69, 9.17) is 55.6 Å². The second kappa shape index (κ2) is 12.9. The third-order valence-corrected chi connectivity index (χ3v) is 4.27. The average Bonchev–Trinajstić information content (AvgIpc) is 2.64. The smallest absolute Gasteiger partial charge is 0.191 e. The highest BCUT2D eigenvalue weighted by atomic mass is 35.5. The van der Waals surface area contributed by atoms with Gasteiger partial charge >= 0.3 is 0 Å². The van der Waals surface area contributed by atoms with Crippen LogP contribution in [0.3, 0.4) is 0 Å². The Morgan fingerprint density at radius 2 is 1.10 bits per heavy atom. The van der Waals surface area contributed by atoms with E-state index in [0.29, 0.717) is 46.1 Å². The SMILES string of the molecule is Cl.NC(N)=Nc1ccc(OCCCCCOc2ccc(N=C(N)N)c(Cl)c2)cc1Cl. The molecule has 0 amide bonds. The van der Waals surface area contributed by atoms with Crippen molar-refractivity contribution in [1.82, 2.24) is 0 Å². The molecule has 0 aliphatic rings. The number of hydrogen-bond acceptors (Lipinski definition) is 4. The summed E-state index contributed by atoms with van der Waals surface area (Å²) < 4.78 is 11.4. The van der Waals surface area contributed by atoms with Gasteiger partial charge in [-0.15, -0.1) is 12.4 Å². The Labute approximate surface area is 191 Å². The number of aliphatic imine (C=N–C) groups is 2. The van der Waals surface area contributed by atoms with Crippen molar-refractivity contribution in [3.8, 4) is 11.5 Å². The molecule has 0 aliphatic heterocycles. The molecule has 0 atom stereocenters. The van der Waals surface area contributed by atoms with Gasteiger partial charge in [0.05, 0.1) is 34.6 Å². The molecule has 0 spiro atoms. The first-order valence-electron chi connectivity index (χ1n) is 8.89. The van der Waals surface area contributed by atoms with Gasteiger partial charge in [0.2, 0.25) is 0 Å². The lowest BCUT2D eigenvalue weighted by atomic mass is 10.2. The highest BCUT2D eigenvalue weighted by molar-refractivity contribution is 6.33. The molecule has 0 aliphatic carbocycles. The lowest BCUT2D eigenvalue weighted by Gasteiger charge is -2.09. The molecule has 0 bridgehead atoms. The van der Waals surface area contributed by atoms with Crippen LogP contribution in [0, 0.1) is 0 Å². The summed E-state index contributed by atoms with van der Waals surface area (Å²) in [6.07, 6.45) is 2.70. The van der Waals surface area contributed by atoms with Gasteiger partial charge in [-0.3, -0.25) is 0 Å². The van der Waals surface area contributed by atoms with Gasteiger partial charge in [0.1, 0.15) is 11.5 Å². The van der Waals surface area contributed by atoms with Crippen LogP contribution in [-0.4, -0.2) is 25.1 Å². The molecule has 0 saturated heterocycles. The second-order valence-corrected chi connectivity index (χ2v) is 6.87. The molecule has 11 heteroatoms. The Bertz CT molecular complexity index is 813. The molecule has 2 aromatic rings. The Hall–Kier alpha value is -2.55. The van der Waals surface area contributed by atoms with Gasteiger partial charge in [0.25, 0.3) is 0 Å². The molecule has 2 aromatic carbocycles. The van der Waals surface area contributed by atoms with E-state index in [1.165, 1.54) is 0 Å². The lowest BCUT2D eigenvalue weighted by molar-refractivity contribution is 0.279. The van der Waals surface area contributed by atoms with E-state index in [-0.39, 0.29) is 24.3 Å². The van der Waals surface area contributed by atoms with Crippen LogP contribution in [0.25, 0.3) is 0 Å². The molecule has 0 saturated carbocycles. The zero-order chi connectivity index (χ0) is 21.2. The quantitative estimate of drug-likeness (QED) is 0.233. The first kappa shape index (κ1) is 25.5. The van der Waals surface area contributed by atoms with Crippen LogP contribution in [0.1, 0.15) is 19.3 Å². The summed E-state index contributed by atoms with van der Waals surface area (Å²) in [5.41, 5.74) is 22.4. The number of hydrogen-bond donors (Lipinski definition) is 4. The van der Waals surface area contributed by atoms with Crippen LogP contribution in [0.4, 0.5) is 11.4 Å². The number of nitrogens with two attached hydrogens (primary N) is 4. The molecule has 164 valence electrons. The topological polar surface area (TPSA) is 147 Å². The summed E-state index contributed by atoms with van der Waals surface area (Å²) in [5.74, 6) is 1.23. The molecule has 8 nitrogen and oxygen atoms in total. The minimum Gasteiger partial charge on any atom is -0.494 e. The predicted octanol–water partition coefficient (Wildman–Crippen LogP) is 3.85. The molecule has 0 fully saturated rings. The first-order chi connectivity index (χ1) is 13.8. The van der Waals surface area contributed by atoms with Crippen LogP contribution in [0.15, 0.2) is 46.4 Å². The number of rotatable bonds is 10. The number of unbranched alkanes of at least 4 members (excludes halogenated alkanes) is 2. The fraction of sp³-hybridized carbons (Fsp3) is 0.263. The number of nitrogens with zero attached hydrogens (tertiary/aromatic N) is 2. The monoisotopic (exact) mass is 474 g/mol. The molecule has 0 unspecified atom stereocenters. The molecule has 8 N–H and O–H groups in total. The highest BCUT2D eigenvalue weighted by Gasteiger charge is 2.04. The molecule has 2 rings (SSSR count). The second-order valence-electron chi connectivity index (χ2n) is 6.06. The Kier molecular flexibility index (Phi) is 11.0. The maximum absolute atomic E-state index is 6.11. The van der Waals surface area contributed by atoms with Crippen molar-refractivity contribution in [2.75, 3.05) is 13.2 Å². The van der Waals surface area contributed by atoms with Gasteiger partial charge < -0.3 is 32.4 Å². The highest BCUT2D eigenvalue weighted by Crippen LogP contribution is 2.30. The first-order valence-corrected chi connectivity index (χ1v) is 9.64. The third-order valence-electron chi connectivity index (χ3n) is 3.66. The van der Waals surface area contributed by atoms with E-state index in [1.807, 2.05) is 0 Å². The maximum atomic E-state index is 6.11. The molecule has 0 heterocycles. The summed E-state index contributed by atoms with van der Waals surface area (Å²) in [7, 11) is 0. The molecular weight excluding hydrogens is 451 g/mol. The zero-order valence-corrected chi connectivity index (χ0v) is 18.5. The van der Waals surface area contributed by atoms with Crippen molar-refractivity contribution >= 4 is 58.9 Å². The molecule has 0 radical (unpaired) electrons. The van der Waals surface area contributed by atoms with Crippen molar-refractivity contribution in [1.29, 1.82) is 0 Å². The van der Waals surface area contributed by atoms with E-state index in [2.05, 4.69) is 9.98 Å². The summed E-state index contributed by atoms with van der Waals surface area (Å²) >= 11 is 12.2. The van der Waals surface area contributed by atoms with Crippen LogP contribution in [-0.2, 0) is 0 Å². The van der Waals surface area contributed by atoms with Gasteiger partial charge in [-0.2, -0.15) is 0 Å². The Morgan fingerprint density at radius 1 is 0.700 bits per heavy atom. The van der Waals surface area contributed by atoms with Gasteiger partial charge in [-0.1, -0.05) is 23.2 Å². The Balaban J connectivity index is 0.00000450. The number of guanidine groups is 2. The van der Waals surface area contributed by atoms with Gasteiger partial charge in [0.15, 0.2) is 11.9 Å². The van der Waals surface area contributed by atoms with Crippen LogP contribution in [0.2, 0.25) is 10.0 Å². The summed E-state index contributed by atoms with van der Waals surface area (Å²) in [6, 6.07) is 10.3. The maximum Gasteiger partial charge on any atom is 0.191 e. The van der Waals surface area contributed by atoms with E-state index in [1.54, 1.807) is 36.4 Å². The largest absolute Gasteiger partial charge is 0.494 e. The lowest BCUT2D eigenvalue weighted by Crippen LogP contribution is -2.21. The van der Waals surface area contributed by atoms with E-state index in [0.717, 1.165) is 19.3 Å². The fourth-order valence-electron chi connectivity index (χ4n) is 2.38. The Morgan fingerprint density at radius 3 is 1.43 bits per heavy atom. The van der Waals surface area contributed by atoms with E-state index in [9.17, 15) is 0 Å². The van der Waals surface area contributed by atoms with E-state index < -0.39 is 0 Å². The van der Waals surface area contributed by atoms with Gasteiger partial charge in [-0.05, 0) is 43.5 Å². The third kappa shape index (κ3) is 8.86. The molecular formula is C19H25Cl3N6O2. The van der Waals surface area contributed by atoms with Gasteiger partial charge in [0, 0.05) is 12.1 Å². The predicted molar refractivity (Wildman–Crippen MR) is 126 cm³/mol. The van der Waals surface area contributed by atoms with Crippen LogP contribution < -0.4 is 32.4 Å². The average molecular weight is 476 g/mol. The minimum absolute atomic E-state index is 0. The zero-order valence-electron chi connectivity index (χ0n) is 16.2. The minimum atomic E-state index is -0.0465. The number of benzene rings is 2. The van der Waals surface area contributed by atoms with Crippen molar-refractivity contribution in [3.63, 3.8) is 0 Å². The van der Waals surface area contributed by atoms with Crippen molar-refractivity contribution in [2.45, 2.75) is 19.3 Å². The van der Waals surface area contributed by atoms with E-state index >= 15 is 0 Å². The standard InChI is InChI=1S/C19H24Cl2N6O2.ClH/c20-14-10-12(4-6-16(14)26-18(22)23)28-8-2-1-3-9-29-13-5-7-17(15(21)11-13)27-19(24)25;/h4-7,10-11H,1-3,8-9H2,(H4,22,23,26)(H4,24,25,27);1H. The van der Waals surface area contributed by atoms with Crippen LogP contribution in [0.5, 0.6) is 11.5 Å². The number of ether oxygens (including phenoxy) is 2. The number of halogens is 3. The molecule has 0 aromatic heterocycles. The summed E-state index contributed by atoms with van der Waals surface area (Å²) in [4.78, 5) is 7.85. The molecule has 30 heavy (non-hydrogen) atoms. The normalized spacial score (nSPS) is 9.93. The van der Waals surface area contributed by atoms with Crippen molar-refractivity contribution < 1.29 is 9.47 Å². The summed E-state index contributed by atoms with van der Waals surface area (Å²) in [5, 5.41) is 0.850. The van der Waals surface area contributed by atoms with Crippen molar-refractivity contribution in [2.24, 2.45) is 32.9 Å². The fourth-order valence-corrected chi connectivity index (χ4v) is 2.80. The van der Waals surface area contributed by atoms with Crippen LogP contribution >= 0.6 is 35.6 Å². The van der Waals surface area contributed by atoms with Gasteiger partial charge in [-0.25, -0.2) is 9.98 Å².